The Morgan fingerprint density at radius 1 is 1.09 bits per heavy atom. The van der Waals surface area contributed by atoms with Crippen LogP contribution in [0, 0.1) is 0 Å². The Morgan fingerprint density at radius 2 is 1.91 bits per heavy atom. The first-order valence-corrected chi connectivity index (χ1v) is 11.9. The average molecular weight is 454 g/mol. The molecular formula is C25H27NO5S. The minimum absolute atomic E-state index is 0.0318. The van der Waals surface area contributed by atoms with Crippen LogP contribution in [0.1, 0.15) is 54.4 Å². The van der Waals surface area contributed by atoms with Crippen LogP contribution in [0.15, 0.2) is 57.8 Å². The lowest BCUT2D eigenvalue weighted by Gasteiger charge is -2.23. The van der Waals surface area contributed by atoms with Crippen molar-refractivity contribution < 1.29 is 23.8 Å². The van der Waals surface area contributed by atoms with Gasteiger partial charge in [0, 0.05) is 34.5 Å². The predicted octanol–water partition coefficient (Wildman–Crippen LogP) is 5.84. The van der Waals surface area contributed by atoms with E-state index in [-0.39, 0.29) is 18.4 Å². The number of ether oxygens (including phenoxy) is 1. The summed E-state index contributed by atoms with van der Waals surface area (Å²) < 4.78 is 11.4. The number of nitrogens with zero attached hydrogens (tertiary/aromatic N) is 1. The quantitative estimate of drug-likeness (QED) is 0.349. The van der Waals surface area contributed by atoms with Gasteiger partial charge in [-0.1, -0.05) is 12.1 Å². The van der Waals surface area contributed by atoms with E-state index in [0.717, 1.165) is 48.3 Å². The Hall–Kier alpha value is -3.06. The lowest BCUT2D eigenvalue weighted by Crippen LogP contribution is -2.32. The van der Waals surface area contributed by atoms with E-state index in [1.807, 2.05) is 52.1 Å². The monoisotopic (exact) mass is 453 g/mol. The highest BCUT2D eigenvalue weighted by Gasteiger charge is 2.33. The fourth-order valence-electron chi connectivity index (χ4n) is 3.61. The molecule has 2 aromatic heterocycles. The van der Waals surface area contributed by atoms with E-state index in [2.05, 4.69) is 0 Å². The van der Waals surface area contributed by atoms with Gasteiger partial charge < -0.3 is 19.2 Å². The van der Waals surface area contributed by atoms with Crippen LogP contribution in [0.25, 0.3) is 11.3 Å². The van der Waals surface area contributed by atoms with E-state index >= 15 is 0 Å². The van der Waals surface area contributed by atoms with Crippen molar-refractivity contribution in [3.63, 3.8) is 0 Å². The van der Waals surface area contributed by atoms with Gasteiger partial charge in [-0.3, -0.25) is 9.59 Å². The molecule has 2 heterocycles. The molecule has 168 valence electrons. The maximum atomic E-state index is 13.3. The maximum Gasteiger partial charge on any atom is 0.303 e. The molecule has 1 aliphatic carbocycles. The Kier molecular flexibility index (Phi) is 7.27. The normalized spacial score (nSPS) is 13.1. The topological polar surface area (TPSA) is 80.0 Å². The van der Waals surface area contributed by atoms with E-state index in [4.69, 9.17) is 14.3 Å². The standard InChI is InChI=1S/C25H27NO5S/c27-24(28)6-2-1-3-13-31-23-17-32-16-20(23)15-26(21-11-12-21)25(29)19-9-7-18(8-10-19)22-5-4-14-30-22/h4-5,7-10,14,16-17,21H,1-3,6,11-13,15H2,(H,27,28). The van der Waals surface area contributed by atoms with Crippen LogP contribution in [-0.2, 0) is 11.3 Å². The number of hydrogen-bond acceptors (Lipinski definition) is 5. The summed E-state index contributed by atoms with van der Waals surface area (Å²) in [7, 11) is 0. The molecule has 0 saturated heterocycles. The average Bonchev–Trinajstić information content (AvgIpc) is 3.30. The van der Waals surface area contributed by atoms with E-state index in [1.54, 1.807) is 17.6 Å². The van der Waals surface area contributed by atoms with Crippen molar-refractivity contribution in [1.29, 1.82) is 0 Å². The van der Waals surface area contributed by atoms with Gasteiger partial charge in [0.05, 0.1) is 19.4 Å². The Morgan fingerprint density at radius 3 is 2.59 bits per heavy atom. The van der Waals surface area contributed by atoms with E-state index < -0.39 is 5.97 Å². The fourth-order valence-corrected chi connectivity index (χ4v) is 4.38. The van der Waals surface area contributed by atoms with Crippen LogP contribution in [0.3, 0.4) is 0 Å². The second-order valence-corrected chi connectivity index (χ2v) is 8.78. The molecule has 1 aliphatic rings. The van der Waals surface area contributed by atoms with Gasteiger partial charge in [-0.15, -0.1) is 11.3 Å². The molecule has 4 rings (SSSR count). The summed E-state index contributed by atoms with van der Waals surface area (Å²) in [5.41, 5.74) is 2.64. The highest BCUT2D eigenvalue weighted by atomic mass is 32.1. The lowest BCUT2D eigenvalue weighted by molar-refractivity contribution is -0.137. The molecule has 1 saturated carbocycles. The third-order valence-electron chi connectivity index (χ3n) is 5.52. The number of benzene rings is 1. The number of furan rings is 1. The number of carbonyl (C=O) groups excluding carboxylic acids is 1. The van der Waals surface area contributed by atoms with Gasteiger partial charge in [0.25, 0.3) is 5.91 Å². The van der Waals surface area contributed by atoms with Gasteiger partial charge in [-0.05, 0) is 61.7 Å². The van der Waals surface area contributed by atoms with Gasteiger partial charge in [-0.2, -0.15) is 0 Å². The number of hydrogen-bond donors (Lipinski definition) is 1. The van der Waals surface area contributed by atoms with Crippen molar-refractivity contribution in [2.24, 2.45) is 0 Å². The summed E-state index contributed by atoms with van der Waals surface area (Å²) in [6.07, 6.45) is 6.20. The maximum absolute atomic E-state index is 13.3. The number of carbonyl (C=O) groups is 2. The molecule has 1 aromatic carbocycles. The number of rotatable bonds is 12. The van der Waals surface area contributed by atoms with Crippen LogP contribution in [-0.4, -0.2) is 34.5 Å². The first-order chi connectivity index (χ1) is 15.6. The lowest BCUT2D eigenvalue weighted by atomic mass is 10.1. The molecule has 0 radical (unpaired) electrons. The summed E-state index contributed by atoms with van der Waals surface area (Å²) in [5.74, 6) is 0.877. The first kappa shape index (κ1) is 22.1. The zero-order chi connectivity index (χ0) is 22.3. The molecule has 0 atom stereocenters. The number of thiophene rings is 1. The van der Waals surface area contributed by atoms with Crippen LogP contribution in [0.4, 0.5) is 0 Å². The van der Waals surface area contributed by atoms with Crippen molar-refractivity contribution >= 4 is 23.2 Å². The van der Waals surface area contributed by atoms with Gasteiger partial charge in [0.1, 0.15) is 11.5 Å². The minimum atomic E-state index is -0.758. The van der Waals surface area contributed by atoms with Crippen LogP contribution >= 0.6 is 11.3 Å². The Balaban J connectivity index is 1.35. The number of amides is 1. The Labute approximate surface area is 191 Å². The van der Waals surface area contributed by atoms with Crippen molar-refractivity contribution in [3.05, 3.63) is 64.5 Å². The molecule has 1 fully saturated rings. The second-order valence-electron chi connectivity index (χ2n) is 8.03. The van der Waals surface area contributed by atoms with Crippen molar-refractivity contribution in [1.82, 2.24) is 4.90 Å². The smallest absolute Gasteiger partial charge is 0.303 e. The van der Waals surface area contributed by atoms with E-state index in [1.165, 1.54) is 0 Å². The highest BCUT2D eigenvalue weighted by molar-refractivity contribution is 7.08. The summed E-state index contributed by atoms with van der Waals surface area (Å²) in [6, 6.07) is 11.6. The molecule has 6 nitrogen and oxygen atoms in total. The largest absolute Gasteiger partial charge is 0.492 e. The highest BCUT2D eigenvalue weighted by Crippen LogP contribution is 2.33. The molecule has 3 aromatic rings. The minimum Gasteiger partial charge on any atom is -0.492 e. The fraction of sp³-hybridized carbons (Fsp3) is 0.360. The molecule has 32 heavy (non-hydrogen) atoms. The Bertz CT molecular complexity index is 1020. The van der Waals surface area contributed by atoms with Gasteiger partial charge >= 0.3 is 5.97 Å². The van der Waals surface area contributed by atoms with Crippen LogP contribution in [0.5, 0.6) is 5.75 Å². The molecule has 0 bridgehead atoms. The van der Waals surface area contributed by atoms with E-state index in [9.17, 15) is 9.59 Å². The summed E-state index contributed by atoms with van der Waals surface area (Å²) >= 11 is 1.57. The van der Waals surface area contributed by atoms with Crippen molar-refractivity contribution in [3.8, 4) is 17.1 Å². The first-order valence-electron chi connectivity index (χ1n) is 11.0. The number of unbranched alkanes of at least 4 members (excludes halogenated alkanes) is 2. The summed E-state index contributed by atoms with van der Waals surface area (Å²) in [5, 5.41) is 12.7. The van der Waals surface area contributed by atoms with Crippen molar-refractivity contribution in [2.45, 2.75) is 51.1 Å². The summed E-state index contributed by atoms with van der Waals surface area (Å²) in [4.78, 5) is 25.8. The molecule has 1 N–H and O–H groups in total. The SMILES string of the molecule is O=C(O)CCCCCOc1cscc1CN(C(=O)c1ccc(-c2ccco2)cc1)C1CC1. The van der Waals surface area contributed by atoms with Gasteiger partial charge in [0.15, 0.2) is 0 Å². The van der Waals surface area contributed by atoms with Gasteiger partial charge in [0.2, 0.25) is 0 Å². The molecule has 7 heteroatoms. The second kappa shape index (κ2) is 10.5. The predicted molar refractivity (Wildman–Crippen MR) is 123 cm³/mol. The molecular weight excluding hydrogens is 426 g/mol. The van der Waals surface area contributed by atoms with Crippen LogP contribution in [0.2, 0.25) is 0 Å². The number of carboxylic acids is 1. The zero-order valence-electron chi connectivity index (χ0n) is 17.9. The third kappa shape index (κ3) is 5.79. The van der Waals surface area contributed by atoms with Crippen molar-refractivity contribution in [2.75, 3.05) is 6.61 Å². The number of carboxylic acid groups (broad SMARTS) is 1. The molecule has 0 spiro atoms. The third-order valence-corrected chi connectivity index (χ3v) is 6.29. The molecule has 1 amide bonds. The number of aliphatic carboxylic acids is 1. The zero-order valence-corrected chi connectivity index (χ0v) is 18.7. The van der Waals surface area contributed by atoms with Crippen LogP contribution < -0.4 is 4.74 Å². The molecule has 0 unspecified atom stereocenters. The van der Waals surface area contributed by atoms with Gasteiger partial charge in [-0.25, -0.2) is 0 Å². The summed E-state index contributed by atoms with van der Waals surface area (Å²) in [6.45, 7) is 1.08. The van der Waals surface area contributed by atoms with E-state index in [0.29, 0.717) is 25.1 Å². The molecule has 0 aliphatic heterocycles.